The highest BCUT2D eigenvalue weighted by atomic mass is 35.5. The van der Waals surface area contributed by atoms with Gasteiger partial charge in [-0.2, -0.15) is 0 Å². The van der Waals surface area contributed by atoms with Crippen LogP contribution in [0.4, 0.5) is 0 Å². The van der Waals surface area contributed by atoms with Crippen molar-refractivity contribution in [2.45, 2.75) is 38.2 Å². The molecule has 0 spiro atoms. The molecule has 0 heterocycles. The van der Waals surface area contributed by atoms with Crippen LogP contribution in [-0.4, -0.2) is 11.0 Å². The van der Waals surface area contributed by atoms with Crippen molar-refractivity contribution in [2.24, 2.45) is 0 Å². The maximum atomic E-state index is 9.85. The molecular weight excluding hydrogens is 208 g/mol. The lowest BCUT2D eigenvalue weighted by molar-refractivity contribution is 0.163. The van der Waals surface area contributed by atoms with Crippen LogP contribution in [0.5, 0.6) is 0 Å². The van der Waals surface area contributed by atoms with Gasteiger partial charge in [0.25, 0.3) is 0 Å². The molecule has 84 valence electrons. The van der Waals surface area contributed by atoms with Crippen molar-refractivity contribution in [3.8, 4) is 0 Å². The smallest absolute Gasteiger partial charge is 0.0790 e. The van der Waals surface area contributed by atoms with Crippen LogP contribution < -0.4 is 0 Å². The number of alkyl halides is 1. The summed E-state index contributed by atoms with van der Waals surface area (Å²) in [4.78, 5) is 0. The summed E-state index contributed by atoms with van der Waals surface area (Å²) in [6.07, 6.45) is 5.05. The molecule has 1 atom stereocenters. The van der Waals surface area contributed by atoms with Gasteiger partial charge in [-0.05, 0) is 18.4 Å². The Morgan fingerprint density at radius 3 is 2.33 bits per heavy atom. The maximum absolute atomic E-state index is 9.85. The third-order valence-electron chi connectivity index (χ3n) is 2.55. The lowest BCUT2D eigenvalue weighted by Crippen LogP contribution is -1.96. The number of halogens is 1. The van der Waals surface area contributed by atoms with Crippen LogP contribution in [0, 0.1) is 0 Å². The topological polar surface area (TPSA) is 20.2 Å². The summed E-state index contributed by atoms with van der Waals surface area (Å²) in [5, 5.41) is 9.85. The fourth-order valence-corrected chi connectivity index (χ4v) is 1.82. The van der Waals surface area contributed by atoms with E-state index < -0.39 is 0 Å². The Morgan fingerprint density at radius 2 is 1.67 bits per heavy atom. The zero-order valence-corrected chi connectivity index (χ0v) is 9.79. The van der Waals surface area contributed by atoms with Crippen molar-refractivity contribution >= 4 is 11.6 Å². The predicted molar refractivity (Wildman–Crippen MR) is 65.2 cm³/mol. The molecule has 0 aromatic heterocycles. The van der Waals surface area contributed by atoms with E-state index in [1.807, 2.05) is 30.3 Å². The summed E-state index contributed by atoms with van der Waals surface area (Å²) in [6.45, 7) is 0. The summed E-state index contributed by atoms with van der Waals surface area (Å²) in [6, 6.07) is 9.85. The van der Waals surface area contributed by atoms with Crippen LogP contribution in [0.15, 0.2) is 30.3 Å². The number of aliphatic hydroxyl groups excluding tert-OH is 1. The van der Waals surface area contributed by atoms with E-state index >= 15 is 0 Å². The van der Waals surface area contributed by atoms with Gasteiger partial charge in [0.15, 0.2) is 0 Å². The van der Waals surface area contributed by atoms with Crippen LogP contribution in [0.25, 0.3) is 0 Å². The molecule has 0 aliphatic carbocycles. The molecule has 0 amide bonds. The first-order valence-corrected chi connectivity index (χ1v) is 6.17. The van der Waals surface area contributed by atoms with Crippen LogP contribution >= 0.6 is 11.6 Å². The van der Waals surface area contributed by atoms with Gasteiger partial charge >= 0.3 is 0 Å². The number of rotatable bonds is 7. The second kappa shape index (κ2) is 7.72. The van der Waals surface area contributed by atoms with Crippen LogP contribution in [0.1, 0.15) is 43.8 Å². The molecular formula is C13H19ClO. The zero-order chi connectivity index (χ0) is 10.9. The van der Waals surface area contributed by atoms with E-state index in [1.165, 1.54) is 6.42 Å². The first-order valence-electron chi connectivity index (χ1n) is 5.63. The second-order valence-corrected chi connectivity index (χ2v) is 4.20. The van der Waals surface area contributed by atoms with E-state index in [0.717, 1.165) is 37.1 Å². The highest BCUT2D eigenvalue weighted by molar-refractivity contribution is 6.17. The standard InChI is InChI=1S/C13H19ClO/c14-11-7-2-1-6-10-13(15)12-8-4-3-5-9-12/h3-5,8-9,13,15H,1-2,6-7,10-11H2/t13-/m0/s1. The van der Waals surface area contributed by atoms with Gasteiger partial charge in [-0.25, -0.2) is 0 Å². The Kier molecular flexibility index (Phi) is 6.45. The highest BCUT2D eigenvalue weighted by Gasteiger charge is 2.05. The lowest BCUT2D eigenvalue weighted by atomic mass is 10.0. The van der Waals surface area contributed by atoms with Crippen LogP contribution in [0.2, 0.25) is 0 Å². The summed E-state index contributed by atoms with van der Waals surface area (Å²) < 4.78 is 0. The fourth-order valence-electron chi connectivity index (χ4n) is 1.63. The van der Waals surface area contributed by atoms with Crippen molar-refractivity contribution in [1.29, 1.82) is 0 Å². The zero-order valence-electron chi connectivity index (χ0n) is 9.03. The van der Waals surface area contributed by atoms with E-state index in [2.05, 4.69) is 0 Å². The summed E-state index contributed by atoms with van der Waals surface area (Å²) in [7, 11) is 0. The summed E-state index contributed by atoms with van der Waals surface area (Å²) >= 11 is 5.59. The number of hydrogen-bond donors (Lipinski definition) is 1. The number of hydrogen-bond acceptors (Lipinski definition) is 1. The molecule has 0 bridgehead atoms. The van der Waals surface area contributed by atoms with Crippen molar-refractivity contribution in [2.75, 3.05) is 5.88 Å². The number of aliphatic hydroxyl groups is 1. The van der Waals surface area contributed by atoms with Gasteiger partial charge in [-0.3, -0.25) is 0 Å². The van der Waals surface area contributed by atoms with E-state index in [9.17, 15) is 5.11 Å². The molecule has 1 aromatic carbocycles. The molecule has 15 heavy (non-hydrogen) atoms. The maximum Gasteiger partial charge on any atom is 0.0790 e. The van der Waals surface area contributed by atoms with Crippen molar-refractivity contribution in [3.05, 3.63) is 35.9 Å². The summed E-state index contributed by atoms with van der Waals surface area (Å²) in [5.74, 6) is 0.751. The SMILES string of the molecule is O[C@@H](CCCCCCCl)c1ccccc1. The van der Waals surface area contributed by atoms with E-state index in [1.54, 1.807) is 0 Å². The van der Waals surface area contributed by atoms with Gasteiger partial charge in [0.1, 0.15) is 0 Å². The van der Waals surface area contributed by atoms with Crippen LogP contribution in [-0.2, 0) is 0 Å². The molecule has 0 unspecified atom stereocenters. The molecule has 1 nitrogen and oxygen atoms in total. The van der Waals surface area contributed by atoms with E-state index in [-0.39, 0.29) is 6.10 Å². The first kappa shape index (κ1) is 12.5. The quantitative estimate of drug-likeness (QED) is 0.552. The minimum absolute atomic E-state index is 0.304. The van der Waals surface area contributed by atoms with E-state index in [0.29, 0.717) is 0 Å². The molecule has 2 heteroatoms. The third-order valence-corrected chi connectivity index (χ3v) is 2.81. The van der Waals surface area contributed by atoms with Crippen LogP contribution in [0.3, 0.4) is 0 Å². The van der Waals surface area contributed by atoms with Gasteiger partial charge in [0.05, 0.1) is 6.10 Å². The Balaban J connectivity index is 2.16. The molecule has 1 aromatic rings. The monoisotopic (exact) mass is 226 g/mol. The van der Waals surface area contributed by atoms with Crippen molar-refractivity contribution in [1.82, 2.24) is 0 Å². The molecule has 0 radical (unpaired) electrons. The normalized spacial score (nSPS) is 12.7. The summed E-state index contributed by atoms with van der Waals surface area (Å²) in [5.41, 5.74) is 1.02. The fraction of sp³-hybridized carbons (Fsp3) is 0.538. The Morgan fingerprint density at radius 1 is 1.00 bits per heavy atom. The lowest BCUT2D eigenvalue weighted by Gasteiger charge is -2.10. The largest absolute Gasteiger partial charge is 0.388 e. The molecule has 0 saturated heterocycles. The molecule has 0 saturated carbocycles. The van der Waals surface area contributed by atoms with Gasteiger partial charge < -0.3 is 5.11 Å². The minimum Gasteiger partial charge on any atom is -0.388 e. The number of unbranched alkanes of at least 4 members (excludes halogenated alkanes) is 3. The van der Waals surface area contributed by atoms with Crippen molar-refractivity contribution in [3.63, 3.8) is 0 Å². The van der Waals surface area contributed by atoms with Gasteiger partial charge in [0, 0.05) is 5.88 Å². The van der Waals surface area contributed by atoms with Gasteiger partial charge in [-0.1, -0.05) is 49.6 Å². The number of benzene rings is 1. The van der Waals surface area contributed by atoms with Gasteiger partial charge in [-0.15, -0.1) is 11.6 Å². The average Bonchev–Trinajstić information content (AvgIpc) is 2.30. The van der Waals surface area contributed by atoms with Gasteiger partial charge in [0.2, 0.25) is 0 Å². The predicted octanol–water partition coefficient (Wildman–Crippen LogP) is 3.91. The molecule has 1 N–H and O–H groups in total. The third kappa shape index (κ3) is 5.19. The molecule has 1 rings (SSSR count). The molecule has 0 aliphatic rings. The average molecular weight is 227 g/mol. The van der Waals surface area contributed by atoms with E-state index in [4.69, 9.17) is 11.6 Å². The Hall–Kier alpha value is -0.530. The second-order valence-electron chi connectivity index (χ2n) is 3.82. The first-order chi connectivity index (χ1) is 7.34. The molecule has 0 fully saturated rings. The Labute approximate surface area is 97.1 Å². The van der Waals surface area contributed by atoms with Crippen molar-refractivity contribution < 1.29 is 5.11 Å². The minimum atomic E-state index is -0.304. The highest BCUT2D eigenvalue weighted by Crippen LogP contribution is 2.19. The molecule has 0 aliphatic heterocycles. The Bertz CT molecular complexity index is 248.